The minimum Gasteiger partial charge on any atom is -0.371 e. The van der Waals surface area contributed by atoms with Crippen molar-refractivity contribution in [3.05, 3.63) is 30.1 Å². The average Bonchev–Trinajstić information content (AvgIpc) is 2.90. The van der Waals surface area contributed by atoms with Crippen LogP contribution in [0, 0.1) is 5.82 Å². The summed E-state index contributed by atoms with van der Waals surface area (Å²) < 4.78 is 19.6. The summed E-state index contributed by atoms with van der Waals surface area (Å²) in [4.78, 5) is 16.6. The number of piperazine rings is 1. The number of hydrogen-bond acceptors (Lipinski definition) is 4. The van der Waals surface area contributed by atoms with Crippen LogP contribution in [0.15, 0.2) is 24.3 Å². The molecular formula is C19H28FN3O2. The molecule has 1 aromatic rings. The van der Waals surface area contributed by atoms with Crippen molar-refractivity contribution < 1.29 is 13.9 Å². The predicted molar refractivity (Wildman–Crippen MR) is 96.1 cm³/mol. The first-order valence-electron chi connectivity index (χ1n) is 9.08. The van der Waals surface area contributed by atoms with Crippen molar-refractivity contribution in [1.82, 2.24) is 9.80 Å². The van der Waals surface area contributed by atoms with Gasteiger partial charge in [-0.15, -0.1) is 0 Å². The average molecular weight is 349 g/mol. The van der Waals surface area contributed by atoms with E-state index in [0.717, 1.165) is 45.6 Å². The zero-order valence-electron chi connectivity index (χ0n) is 15.1. The Bertz CT molecular complexity index is 600. The number of benzene rings is 1. The summed E-state index contributed by atoms with van der Waals surface area (Å²) in [5.41, 5.74) is 0.254. The van der Waals surface area contributed by atoms with Crippen molar-refractivity contribution in [3.8, 4) is 0 Å². The van der Waals surface area contributed by atoms with Gasteiger partial charge in [-0.1, -0.05) is 12.1 Å². The molecule has 3 rings (SSSR count). The first-order valence-corrected chi connectivity index (χ1v) is 9.08. The van der Waals surface area contributed by atoms with Gasteiger partial charge < -0.3 is 10.1 Å². The van der Waals surface area contributed by atoms with E-state index in [-0.39, 0.29) is 17.2 Å². The third-order valence-electron chi connectivity index (χ3n) is 5.00. The Hall–Kier alpha value is -1.50. The largest absolute Gasteiger partial charge is 0.371 e. The van der Waals surface area contributed by atoms with Crippen molar-refractivity contribution in [2.75, 3.05) is 44.6 Å². The van der Waals surface area contributed by atoms with E-state index in [1.807, 2.05) is 0 Å². The van der Waals surface area contributed by atoms with Crippen LogP contribution in [0.25, 0.3) is 0 Å². The molecule has 2 saturated heterocycles. The van der Waals surface area contributed by atoms with Crippen LogP contribution in [0.1, 0.15) is 26.7 Å². The highest BCUT2D eigenvalue weighted by Crippen LogP contribution is 2.29. The second kappa shape index (κ2) is 7.81. The van der Waals surface area contributed by atoms with Crippen LogP contribution in [-0.4, -0.2) is 66.7 Å². The standard InChI is InChI=1S/C19H28FN3O2/c1-19(2)8-7-15(25-19)13-22-9-11-23(12-10-22)14-18(24)21-17-6-4-3-5-16(17)20/h3-6,15H,7-14H2,1-2H3,(H,21,24). The third kappa shape index (κ3) is 5.23. The molecule has 1 aromatic carbocycles. The van der Waals surface area contributed by atoms with Crippen LogP contribution in [0.5, 0.6) is 0 Å². The van der Waals surface area contributed by atoms with Gasteiger partial charge in [-0.2, -0.15) is 0 Å². The molecule has 0 radical (unpaired) electrons. The van der Waals surface area contributed by atoms with Crippen LogP contribution < -0.4 is 5.32 Å². The number of nitrogens with zero attached hydrogens (tertiary/aromatic N) is 2. The fraction of sp³-hybridized carbons (Fsp3) is 0.632. The SMILES string of the molecule is CC1(C)CCC(CN2CCN(CC(=O)Nc3ccccc3F)CC2)O1. The number of para-hydroxylation sites is 1. The summed E-state index contributed by atoms with van der Waals surface area (Å²) >= 11 is 0. The van der Waals surface area contributed by atoms with Crippen molar-refractivity contribution in [3.63, 3.8) is 0 Å². The summed E-state index contributed by atoms with van der Waals surface area (Å²) in [7, 11) is 0. The summed E-state index contributed by atoms with van der Waals surface area (Å²) in [6, 6.07) is 6.25. The number of anilines is 1. The fourth-order valence-electron chi connectivity index (χ4n) is 3.58. The van der Waals surface area contributed by atoms with Crippen LogP contribution in [0.4, 0.5) is 10.1 Å². The van der Waals surface area contributed by atoms with Crippen molar-refractivity contribution in [2.45, 2.75) is 38.4 Å². The van der Waals surface area contributed by atoms with Gasteiger partial charge in [-0.05, 0) is 38.8 Å². The Balaban J connectivity index is 1.39. The summed E-state index contributed by atoms with van der Waals surface area (Å²) in [6.45, 7) is 9.15. The van der Waals surface area contributed by atoms with Crippen LogP contribution in [0.3, 0.4) is 0 Å². The number of ether oxygens (including phenoxy) is 1. The van der Waals surface area contributed by atoms with Crippen molar-refractivity contribution >= 4 is 11.6 Å². The highest BCUT2D eigenvalue weighted by molar-refractivity contribution is 5.92. The maximum absolute atomic E-state index is 13.6. The van der Waals surface area contributed by atoms with Gasteiger partial charge in [0.1, 0.15) is 5.82 Å². The molecule has 1 N–H and O–H groups in total. The smallest absolute Gasteiger partial charge is 0.238 e. The Kier molecular flexibility index (Phi) is 5.71. The molecule has 0 aromatic heterocycles. The maximum atomic E-state index is 13.6. The number of carbonyl (C=O) groups excluding carboxylic acids is 1. The van der Waals surface area contributed by atoms with E-state index in [0.29, 0.717) is 12.6 Å². The van der Waals surface area contributed by atoms with Gasteiger partial charge in [-0.25, -0.2) is 4.39 Å². The van der Waals surface area contributed by atoms with E-state index in [4.69, 9.17) is 4.74 Å². The molecule has 5 nitrogen and oxygen atoms in total. The van der Waals surface area contributed by atoms with Crippen LogP contribution in [-0.2, 0) is 9.53 Å². The second-order valence-corrected chi connectivity index (χ2v) is 7.64. The molecule has 2 aliphatic heterocycles. The zero-order chi connectivity index (χ0) is 17.9. The monoisotopic (exact) mass is 349 g/mol. The van der Waals surface area contributed by atoms with Crippen LogP contribution in [0.2, 0.25) is 0 Å². The van der Waals surface area contributed by atoms with Gasteiger partial charge in [-0.3, -0.25) is 14.6 Å². The van der Waals surface area contributed by atoms with E-state index in [9.17, 15) is 9.18 Å². The van der Waals surface area contributed by atoms with Crippen LogP contribution >= 0.6 is 0 Å². The summed E-state index contributed by atoms with van der Waals surface area (Å²) in [6.07, 6.45) is 2.57. The van der Waals surface area contributed by atoms with Crippen molar-refractivity contribution in [1.29, 1.82) is 0 Å². The highest BCUT2D eigenvalue weighted by Gasteiger charge is 2.33. The van der Waals surface area contributed by atoms with Gasteiger partial charge in [0.25, 0.3) is 0 Å². The summed E-state index contributed by atoms with van der Waals surface area (Å²) in [5.74, 6) is -0.570. The van der Waals surface area contributed by atoms with E-state index in [1.165, 1.54) is 6.07 Å². The number of nitrogens with one attached hydrogen (secondary N) is 1. The molecule has 0 saturated carbocycles. The van der Waals surface area contributed by atoms with Gasteiger partial charge in [0.2, 0.25) is 5.91 Å². The third-order valence-corrected chi connectivity index (χ3v) is 5.00. The number of amides is 1. The lowest BCUT2D eigenvalue weighted by Crippen LogP contribution is -2.50. The van der Waals surface area contributed by atoms with E-state index >= 15 is 0 Å². The topological polar surface area (TPSA) is 44.8 Å². The van der Waals surface area contributed by atoms with Crippen molar-refractivity contribution in [2.24, 2.45) is 0 Å². The highest BCUT2D eigenvalue weighted by atomic mass is 19.1. The Labute approximate surface area is 149 Å². The quantitative estimate of drug-likeness (QED) is 0.886. The molecule has 0 aliphatic carbocycles. The molecular weight excluding hydrogens is 321 g/mol. The molecule has 2 aliphatic rings. The molecule has 1 amide bonds. The van der Waals surface area contributed by atoms with E-state index < -0.39 is 5.82 Å². The lowest BCUT2D eigenvalue weighted by atomic mass is 10.1. The lowest BCUT2D eigenvalue weighted by molar-refractivity contribution is -0.117. The second-order valence-electron chi connectivity index (χ2n) is 7.64. The zero-order valence-corrected chi connectivity index (χ0v) is 15.1. The predicted octanol–water partition coefficient (Wildman–Crippen LogP) is 2.34. The minimum atomic E-state index is -0.403. The van der Waals surface area contributed by atoms with E-state index in [2.05, 4.69) is 29.0 Å². The van der Waals surface area contributed by atoms with E-state index in [1.54, 1.807) is 18.2 Å². The normalized spacial score (nSPS) is 24.4. The lowest BCUT2D eigenvalue weighted by Gasteiger charge is -2.35. The maximum Gasteiger partial charge on any atom is 0.238 e. The molecule has 1 unspecified atom stereocenters. The number of halogens is 1. The number of hydrogen-bond donors (Lipinski definition) is 1. The van der Waals surface area contributed by atoms with Gasteiger partial charge >= 0.3 is 0 Å². The Morgan fingerprint density at radius 3 is 2.56 bits per heavy atom. The summed E-state index contributed by atoms with van der Waals surface area (Å²) in [5, 5.41) is 2.65. The first kappa shape index (κ1) is 18.3. The molecule has 25 heavy (non-hydrogen) atoms. The number of rotatable bonds is 5. The molecule has 2 fully saturated rings. The molecule has 2 heterocycles. The fourth-order valence-corrected chi connectivity index (χ4v) is 3.58. The molecule has 6 heteroatoms. The molecule has 0 spiro atoms. The van der Waals surface area contributed by atoms with Gasteiger partial charge in [0.05, 0.1) is 23.9 Å². The number of carbonyl (C=O) groups is 1. The molecule has 1 atom stereocenters. The Morgan fingerprint density at radius 2 is 1.92 bits per heavy atom. The Morgan fingerprint density at radius 1 is 1.24 bits per heavy atom. The minimum absolute atomic E-state index is 0.0112. The van der Waals surface area contributed by atoms with Gasteiger partial charge in [0, 0.05) is 32.7 Å². The molecule has 0 bridgehead atoms. The first-order chi connectivity index (χ1) is 11.9. The van der Waals surface area contributed by atoms with Gasteiger partial charge in [0.15, 0.2) is 0 Å². The molecule has 138 valence electrons.